The molecule has 1 aliphatic heterocycles. The van der Waals surface area contributed by atoms with Crippen LogP contribution in [0.15, 0.2) is 66.0 Å². The summed E-state index contributed by atoms with van der Waals surface area (Å²) in [5.41, 5.74) is 0.880. The van der Waals surface area contributed by atoms with E-state index in [2.05, 4.69) is 10.3 Å². The van der Waals surface area contributed by atoms with E-state index in [9.17, 15) is 19.5 Å². The first-order chi connectivity index (χ1) is 17.0. The number of ether oxygens (including phenoxy) is 3. The van der Waals surface area contributed by atoms with Gasteiger partial charge in [-0.2, -0.15) is 0 Å². The summed E-state index contributed by atoms with van der Waals surface area (Å²) in [7, 11) is 0. The van der Waals surface area contributed by atoms with Gasteiger partial charge < -0.3 is 24.6 Å². The zero-order valence-electron chi connectivity index (χ0n) is 18.8. The molecule has 1 fully saturated rings. The van der Waals surface area contributed by atoms with Gasteiger partial charge >= 0.3 is 11.9 Å². The van der Waals surface area contributed by atoms with Gasteiger partial charge in [0.15, 0.2) is 5.69 Å². The molecule has 0 unspecified atom stereocenters. The van der Waals surface area contributed by atoms with Crippen LogP contribution in [0.5, 0.6) is 0 Å². The van der Waals surface area contributed by atoms with Gasteiger partial charge in [-0.05, 0) is 31.2 Å². The van der Waals surface area contributed by atoms with E-state index < -0.39 is 42.2 Å². The fraction of sp³-hybridized carbons (Fsp3) is 0.280. The van der Waals surface area contributed by atoms with Gasteiger partial charge in [-0.25, -0.2) is 14.6 Å². The number of nitrogens with one attached hydrogen (secondary N) is 1. The lowest BCUT2D eigenvalue weighted by molar-refractivity contribution is -0.0341. The third kappa shape index (κ3) is 5.73. The molecule has 1 amide bonds. The van der Waals surface area contributed by atoms with Crippen LogP contribution >= 0.6 is 11.3 Å². The van der Waals surface area contributed by atoms with Crippen LogP contribution in [-0.2, 0) is 14.2 Å². The molecule has 2 N–H and O–H groups in total. The SMILES string of the molecule is CCOC(=O)c1csc([C@@H]2O[C@H](COC(=O)c3ccccc3)[C@@H](O)[C@H]2NC(=O)c2ccccc2)n1. The third-order valence-corrected chi connectivity index (χ3v) is 6.27. The molecule has 10 heteroatoms. The molecule has 0 radical (unpaired) electrons. The van der Waals surface area contributed by atoms with E-state index in [0.717, 1.165) is 11.3 Å². The Kier molecular flexibility index (Phi) is 7.86. The number of rotatable bonds is 8. The van der Waals surface area contributed by atoms with Gasteiger partial charge in [-0.1, -0.05) is 36.4 Å². The van der Waals surface area contributed by atoms with E-state index in [0.29, 0.717) is 16.1 Å². The molecule has 1 aromatic heterocycles. The van der Waals surface area contributed by atoms with Crippen molar-refractivity contribution in [3.05, 3.63) is 87.9 Å². The first kappa shape index (κ1) is 24.5. The highest BCUT2D eigenvalue weighted by molar-refractivity contribution is 7.09. The fourth-order valence-corrected chi connectivity index (χ4v) is 4.50. The second-order valence-electron chi connectivity index (χ2n) is 7.71. The summed E-state index contributed by atoms with van der Waals surface area (Å²) >= 11 is 1.15. The third-order valence-electron chi connectivity index (χ3n) is 5.37. The van der Waals surface area contributed by atoms with E-state index in [1.54, 1.807) is 67.6 Å². The van der Waals surface area contributed by atoms with Gasteiger partial charge in [-0.15, -0.1) is 11.3 Å². The number of aliphatic hydroxyl groups is 1. The van der Waals surface area contributed by atoms with Crippen molar-refractivity contribution < 1.29 is 33.7 Å². The Morgan fingerprint density at radius 1 is 1.00 bits per heavy atom. The molecule has 0 saturated carbocycles. The van der Waals surface area contributed by atoms with Crippen molar-refractivity contribution in [3.8, 4) is 0 Å². The Hall–Kier alpha value is -3.60. The number of aliphatic hydroxyl groups excluding tert-OH is 1. The van der Waals surface area contributed by atoms with Crippen LogP contribution in [0.3, 0.4) is 0 Å². The largest absolute Gasteiger partial charge is 0.461 e. The molecule has 0 spiro atoms. The predicted octanol–water partition coefficient (Wildman–Crippen LogP) is 2.78. The molecule has 1 saturated heterocycles. The highest BCUT2D eigenvalue weighted by Crippen LogP contribution is 2.36. The number of thiazole rings is 1. The number of nitrogens with zero attached hydrogens (tertiary/aromatic N) is 1. The van der Waals surface area contributed by atoms with Crippen molar-refractivity contribution in [1.29, 1.82) is 0 Å². The smallest absolute Gasteiger partial charge is 0.357 e. The van der Waals surface area contributed by atoms with Crippen LogP contribution < -0.4 is 5.32 Å². The molecule has 2 aromatic carbocycles. The molecule has 35 heavy (non-hydrogen) atoms. The Morgan fingerprint density at radius 2 is 1.66 bits per heavy atom. The van der Waals surface area contributed by atoms with Gasteiger partial charge in [0.1, 0.15) is 29.9 Å². The second-order valence-corrected chi connectivity index (χ2v) is 8.60. The number of esters is 2. The molecule has 0 aliphatic carbocycles. The quantitative estimate of drug-likeness (QED) is 0.456. The predicted molar refractivity (Wildman–Crippen MR) is 126 cm³/mol. The lowest BCUT2D eigenvalue weighted by Crippen LogP contribution is -2.46. The van der Waals surface area contributed by atoms with E-state index >= 15 is 0 Å². The van der Waals surface area contributed by atoms with Crippen LogP contribution in [0.25, 0.3) is 0 Å². The van der Waals surface area contributed by atoms with Crippen LogP contribution in [0.2, 0.25) is 0 Å². The van der Waals surface area contributed by atoms with Crippen molar-refractivity contribution >= 4 is 29.2 Å². The summed E-state index contributed by atoms with van der Waals surface area (Å²) < 4.78 is 16.3. The lowest BCUT2D eigenvalue weighted by Gasteiger charge is -2.20. The Bertz CT molecular complexity index is 1170. The molecule has 182 valence electrons. The minimum Gasteiger partial charge on any atom is -0.461 e. The number of carbonyl (C=O) groups is 3. The average molecular weight is 497 g/mol. The Labute approximate surface area is 205 Å². The molecule has 4 atom stereocenters. The topological polar surface area (TPSA) is 124 Å². The molecule has 2 heterocycles. The van der Waals surface area contributed by atoms with E-state index in [1.807, 2.05) is 0 Å². The summed E-state index contributed by atoms with van der Waals surface area (Å²) in [6, 6.07) is 16.1. The van der Waals surface area contributed by atoms with Crippen LogP contribution in [0.4, 0.5) is 0 Å². The summed E-state index contributed by atoms with van der Waals surface area (Å²) in [6.07, 6.45) is -3.00. The van der Waals surface area contributed by atoms with Crippen molar-refractivity contribution in [2.75, 3.05) is 13.2 Å². The summed E-state index contributed by atoms with van der Waals surface area (Å²) in [5.74, 6) is -1.55. The Balaban J connectivity index is 1.52. The number of hydrogen-bond acceptors (Lipinski definition) is 9. The van der Waals surface area contributed by atoms with Crippen LogP contribution in [0, 0.1) is 0 Å². The molecule has 3 aromatic rings. The first-order valence-electron chi connectivity index (χ1n) is 11.0. The first-order valence-corrected chi connectivity index (χ1v) is 11.9. The van der Waals surface area contributed by atoms with Gasteiger partial charge in [0.2, 0.25) is 0 Å². The second kappa shape index (κ2) is 11.2. The normalized spacial score (nSPS) is 21.3. The zero-order valence-corrected chi connectivity index (χ0v) is 19.6. The molecule has 0 bridgehead atoms. The van der Waals surface area contributed by atoms with E-state index in [-0.39, 0.29) is 18.9 Å². The van der Waals surface area contributed by atoms with Gasteiger partial charge in [0.05, 0.1) is 18.2 Å². The molecular formula is C25H24N2O7S. The lowest BCUT2D eigenvalue weighted by atomic mass is 10.0. The van der Waals surface area contributed by atoms with Crippen molar-refractivity contribution in [2.24, 2.45) is 0 Å². The maximum atomic E-state index is 12.8. The number of hydrogen-bond donors (Lipinski definition) is 2. The van der Waals surface area contributed by atoms with Crippen LogP contribution in [0.1, 0.15) is 49.2 Å². The molecule has 9 nitrogen and oxygen atoms in total. The fourth-order valence-electron chi connectivity index (χ4n) is 3.63. The molecular weight excluding hydrogens is 472 g/mol. The summed E-state index contributed by atoms with van der Waals surface area (Å²) in [5, 5.41) is 15.7. The number of amides is 1. The standard InChI is InChI=1S/C25H24N2O7S/c1-2-32-25(31)17-14-35-23(26-17)21-19(27-22(29)15-9-5-3-6-10-15)20(28)18(34-21)13-33-24(30)16-11-7-4-8-12-16/h3-12,14,18-21,28H,2,13H2,1H3,(H,27,29)/t18-,19-,20-,21-/m1/s1. The van der Waals surface area contributed by atoms with Gasteiger partial charge in [0, 0.05) is 10.9 Å². The number of carbonyl (C=O) groups excluding carboxylic acids is 3. The van der Waals surface area contributed by atoms with Crippen LogP contribution in [-0.4, -0.2) is 59.4 Å². The van der Waals surface area contributed by atoms with Gasteiger partial charge in [-0.3, -0.25) is 4.79 Å². The van der Waals surface area contributed by atoms with Gasteiger partial charge in [0.25, 0.3) is 5.91 Å². The van der Waals surface area contributed by atoms with E-state index in [1.165, 1.54) is 5.38 Å². The zero-order chi connectivity index (χ0) is 24.8. The van der Waals surface area contributed by atoms with E-state index in [4.69, 9.17) is 14.2 Å². The number of aromatic nitrogens is 1. The average Bonchev–Trinajstić information content (AvgIpc) is 3.49. The Morgan fingerprint density at radius 3 is 2.31 bits per heavy atom. The molecule has 4 rings (SSSR count). The van der Waals surface area contributed by atoms with Crippen molar-refractivity contribution in [1.82, 2.24) is 10.3 Å². The van der Waals surface area contributed by atoms with Crippen molar-refractivity contribution in [2.45, 2.75) is 31.3 Å². The summed E-state index contributed by atoms with van der Waals surface area (Å²) in [4.78, 5) is 41.5. The summed E-state index contributed by atoms with van der Waals surface area (Å²) in [6.45, 7) is 1.66. The highest BCUT2D eigenvalue weighted by atomic mass is 32.1. The maximum absolute atomic E-state index is 12.8. The minimum atomic E-state index is -1.20. The molecule has 1 aliphatic rings. The van der Waals surface area contributed by atoms with Crippen molar-refractivity contribution in [3.63, 3.8) is 0 Å². The number of benzene rings is 2. The minimum absolute atomic E-state index is 0.108. The maximum Gasteiger partial charge on any atom is 0.357 e. The highest BCUT2D eigenvalue weighted by Gasteiger charge is 2.47. The monoisotopic (exact) mass is 496 g/mol.